The van der Waals surface area contributed by atoms with E-state index < -0.39 is 60.2 Å². The molecule has 12 nitrogen and oxygen atoms in total. The maximum absolute atomic E-state index is 13.0. The Labute approximate surface area is 224 Å². The van der Waals surface area contributed by atoms with E-state index in [9.17, 15) is 29.1 Å². The van der Waals surface area contributed by atoms with Crippen molar-refractivity contribution in [3.63, 3.8) is 0 Å². The van der Waals surface area contributed by atoms with Crippen LogP contribution in [-0.2, 0) is 36.8 Å². The summed E-state index contributed by atoms with van der Waals surface area (Å²) in [6.45, 7) is 1.39. The average Bonchev–Trinajstić information content (AvgIpc) is 3.30. The molecule has 0 aliphatic carbocycles. The molecule has 1 heterocycles. The van der Waals surface area contributed by atoms with E-state index in [1.54, 1.807) is 12.3 Å². The summed E-state index contributed by atoms with van der Waals surface area (Å²) in [5.74, 6) is -4.46. The summed E-state index contributed by atoms with van der Waals surface area (Å²) in [5.41, 5.74) is 13.5. The van der Waals surface area contributed by atoms with Crippen molar-refractivity contribution >= 4 is 40.5 Å². The number of carboxylic acid groups (broad SMARTS) is 1. The lowest BCUT2D eigenvalue weighted by Crippen LogP contribution is -2.57. The molecule has 0 fully saturated rings. The number of carbonyl (C=O) groups is 5. The van der Waals surface area contributed by atoms with Gasteiger partial charge < -0.3 is 37.5 Å². The topological polar surface area (TPSA) is 209 Å². The number of amides is 4. The van der Waals surface area contributed by atoms with E-state index in [0.29, 0.717) is 5.56 Å². The summed E-state index contributed by atoms with van der Waals surface area (Å²) < 4.78 is 0. The van der Waals surface area contributed by atoms with Crippen LogP contribution in [0.15, 0.2) is 60.8 Å². The van der Waals surface area contributed by atoms with Gasteiger partial charge in [-0.15, -0.1) is 0 Å². The number of fused-ring (bicyclic) bond motifs is 1. The first-order chi connectivity index (χ1) is 18.5. The molecule has 4 amide bonds. The summed E-state index contributed by atoms with van der Waals surface area (Å²) in [4.78, 5) is 64.8. The van der Waals surface area contributed by atoms with E-state index in [1.807, 2.05) is 48.5 Å². The fourth-order valence-electron chi connectivity index (χ4n) is 4.05. The first-order valence-corrected chi connectivity index (χ1v) is 12.3. The molecule has 2 aromatic carbocycles. The van der Waals surface area contributed by atoms with Crippen LogP contribution < -0.4 is 27.4 Å². The molecule has 39 heavy (non-hydrogen) atoms. The Balaban J connectivity index is 1.63. The molecule has 1 aromatic heterocycles. The number of H-pyrrole nitrogens is 1. The van der Waals surface area contributed by atoms with E-state index in [0.717, 1.165) is 16.5 Å². The van der Waals surface area contributed by atoms with Crippen molar-refractivity contribution in [1.82, 2.24) is 20.9 Å². The number of nitrogens with one attached hydrogen (secondary N) is 4. The first-order valence-electron chi connectivity index (χ1n) is 12.3. The molecule has 12 heteroatoms. The second kappa shape index (κ2) is 13.2. The molecule has 3 aromatic rings. The van der Waals surface area contributed by atoms with Crippen molar-refractivity contribution < 1.29 is 29.1 Å². The van der Waals surface area contributed by atoms with E-state index in [1.165, 1.54) is 6.92 Å². The van der Waals surface area contributed by atoms with Crippen LogP contribution in [0.2, 0.25) is 0 Å². The van der Waals surface area contributed by atoms with Gasteiger partial charge in [-0.3, -0.25) is 19.2 Å². The highest BCUT2D eigenvalue weighted by Crippen LogP contribution is 2.19. The highest BCUT2D eigenvalue weighted by Gasteiger charge is 2.30. The van der Waals surface area contributed by atoms with E-state index in [4.69, 9.17) is 11.5 Å². The molecule has 4 atom stereocenters. The monoisotopic (exact) mass is 536 g/mol. The predicted molar refractivity (Wildman–Crippen MR) is 143 cm³/mol. The molecule has 206 valence electrons. The number of aliphatic carboxylic acids is 1. The molecule has 0 bridgehead atoms. The quantitative estimate of drug-likeness (QED) is 0.155. The van der Waals surface area contributed by atoms with Crippen molar-refractivity contribution in [1.29, 1.82) is 0 Å². The van der Waals surface area contributed by atoms with Crippen molar-refractivity contribution in [3.05, 3.63) is 71.9 Å². The maximum atomic E-state index is 13.0. The molecule has 0 radical (unpaired) electrons. The van der Waals surface area contributed by atoms with Gasteiger partial charge in [-0.1, -0.05) is 48.5 Å². The molecule has 0 saturated heterocycles. The number of para-hydroxylation sites is 1. The standard InChI is InChI=1S/C27H32N6O6/c1-15(31-25(36)19(28)11-16-7-3-2-4-8-16)24(35)32-21(13-23(29)34)26(37)33-22(27(38)39)12-17-14-30-20-10-6-5-9-18(17)20/h2-10,14-15,19,21-22,30H,11-13,28H2,1H3,(H2,29,34)(H,31,36)(H,32,35)(H,33,37)(H,38,39). The zero-order valence-electron chi connectivity index (χ0n) is 21.3. The van der Waals surface area contributed by atoms with Crippen molar-refractivity contribution in [2.75, 3.05) is 0 Å². The highest BCUT2D eigenvalue weighted by atomic mass is 16.4. The SMILES string of the molecule is CC(NC(=O)C(N)Cc1ccccc1)C(=O)NC(CC(N)=O)C(=O)NC(Cc1c[nH]c2ccccc12)C(=O)O. The van der Waals surface area contributed by atoms with Crippen LogP contribution in [0.5, 0.6) is 0 Å². The first kappa shape index (κ1) is 28.9. The summed E-state index contributed by atoms with van der Waals surface area (Å²) in [6.07, 6.45) is 1.28. The van der Waals surface area contributed by atoms with Gasteiger partial charge in [-0.05, 0) is 30.5 Å². The Morgan fingerprint density at radius 3 is 2.15 bits per heavy atom. The number of aromatic nitrogens is 1. The number of hydrogen-bond donors (Lipinski definition) is 7. The normalized spacial score (nSPS) is 14.0. The molecule has 0 aliphatic heterocycles. The molecule has 9 N–H and O–H groups in total. The van der Waals surface area contributed by atoms with Crippen LogP contribution >= 0.6 is 0 Å². The Hall–Kier alpha value is -4.71. The number of aromatic amines is 1. The van der Waals surface area contributed by atoms with Crippen LogP contribution in [0.4, 0.5) is 0 Å². The van der Waals surface area contributed by atoms with Gasteiger partial charge >= 0.3 is 5.97 Å². The van der Waals surface area contributed by atoms with Gasteiger partial charge in [0.2, 0.25) is 23.6 Å². The lowest BCUT2D eigenvalue weighted by atomic mass is 10.0. The zero-order chi connectivity index (χ0) is 28.5. The Morgan fingerprint density at radius 2 is 1.49 bits per heavy atom. The Bertz CT molecular complexity index is 1340. The number of carbonyl (C=O) groups excluding carboxylic acids is 4. The zero-order valence-corrected chi connectivity index (χ0v) is 21.3. The van der Waals surface area contributed by atoms with Crippen molar-refractivity contribution in [2.24, 2.45) is 11.5 Å². The number of benzene rings is 2. The van der Waals surface area contributed by atoms with Gasteiger partial charge in [0.05, 0.1) is 12.5 Å². The van der Waals surface area contributed by atoms with Crippen LogP contribution in [0.1, 0.15) is 24.5 Å². The summed E-state index contributed by atoms with van der Waals surface area (Å²) in [6, 6.07) is 11.5. The largest absolute Gasteiger partial charge is 0.480 e. The van der Waals surface area contributed by atoms with Gasteiger partial charge in [-0.25, -0.2) is 4.79 Å². The predicted octanol–water partition coefficient (Wildman–Crippen LogP) is -0.285. The van der Waals surface area contributed by atoms with Gasteiger partial charge in [-0.2, -0.15) is 0 Å². The molecule has 0 aliphatic rings. The average molecular weight is 537 g/mol. The molecule has 3 rings (SSSR count). The molecule has 4 unspecified atom stereocenters. The van der Waals surface area contributed by atoms with Crippen LogP contribution in [0.25, 0.3) is 10.9 Å². The molecule has 0 spiro atoms. The third-order valence-electron chi connectivity index (χ3n) is 6.14. The van der Waals surface area contributed by atoms with E-state index >= 15 is 0 Å². The number of rotatable bonds is 13. The van der Waals surface area contributed by atoms with Crippen LogP contribution in [-0.4, -0.2) is 63.9 Å². The van der Waals surface area contributed by atoms with Crippen LogP contribution in [0.3, 0.4) is 0 Å². The summed E-state index contributed by atoms with van der Waals surface area (Å²) in [7, 11) is 0. The van der Waals surface area contributed by atoms with Gasteiger partial charge in [0.1, 0.15) is 18.1 Å². The lowest BCUT2D eigenvalue weighted by Gasteiger charge is -2.23. The van der Waals surface area contributed by atoms with E-state index in [-0.39, 0.29) is 12.8 Å². The second-order valence-electron chi connectivity index (χ2n) is 9.22. The Morgan fingerprint density at radius 1 is 0.846 bits per heavy atom. The molecule has 0 saturated carbocycles. The lowest BCUT2D eigenvalue weighted by molar-refractivity contribution is -0.142. The minimum atomic E-state index is -1.46. The fraction of sp³-hybridized carbons (Fsp3) is 0.296. The maximum Gasteiger partial charge on any atom is 0.326 e. The molecular weight excluding hydrogens is 504 g/mol. The number of primary amides is 1. The minimum Gasteiger partial charge on any atom is -0.480 e. The highest BCUT2D eigenvalue weighted by molar-refractivity contribution is 5.96. The summed E-state index contributed by atoms with van der Waals surface area (Å²) >= 11 is 0. The van der Waals surface area contributed by atoms with E-state index in [2.05, 4.69) is 20.9 Å². The number of carboxylic acids is 1. The van der Waals surface area contributed by atoms with Gasteiger partial charge in [0, 0.05) is 23.5 Å². The third kappa shape index (κ3) is 8.14. The third-order valence-corrected chi connectivity index (χ3v) is 6.14. The Kier molecular flexibility index (Phi) is 9.76. The summed E-state index contributed by atoms with van der Waals surface area (Å²) in [5, 5.41) is 17.7. The van der Waals surface area contributed by atoms with Gasteiger partial charge in [0.25, 0.3) is 0 Å². The smallest absolute Gasteiger partial charge is 0.326 e. The van der Waals surface area contributed by atoms with Crippen LogP contribution in [0, 0.1) is 0 Å². The molecular formula is C27H32N6O6. The second-order valence-corrected chi connectivity index (χ2v) is 9.22. The van der Waals surface area contributed by atoms with Crippen molar-refractivity contribution in [3.8, 4) is 0 Å². The number of hydrogen-bond acceptors (Lipinski definition) is 6. The number of nitrogens with two attached hydrogens (primary N) is 2. The minimum absolute atomic E-state index is 0.0475. The van der Waals surface area contributed by atoms with Crippen molar-refractivity contribution in [2.45, 2.75) is 50.4 Å². The van der Waals surface area contributed by atoms with Gasteiger partial charge in [0.15, 0.2) is 0 Å². The fourth-order valence-corrected chi connectivity index (χ4v) is 4.05.